The molecule has 0 unspecified atom stereocenters. The van der Waals surface area contributed by atoms with E-state index in [-0.39, 0.29) is 15.8 Å². The van der Waals surface area contributed by atoms with Gasteiger partial charge in [-0.2, -0.15) is 4.31 Å². The molecule has 0 aliphatic heterocycles. The van der Waals surface area contributed by atoms with Gasteiger partial charge in [0.25, 0.3) is 0 Å². The topological polar surface area (TPSA) is 74.7 Å². The lowest BCUT2D eigenvalue weighted by molar-refractivity contribution is 0.0698. The van der Waals surface area contributed by atoms with Gasteiger partial charge in [0.2, 0.25) is 10.0 Å². The number of rotatable bonds is 5. The van der Waals surface area contributed by atoms with Crippen molar-refractivity contribution >= 4 is 27.3 Å². The molecule has 2 rings (SSSR count). The van der Waals surface area contributed by atoms with Crippen molar-refractivity contribution in [2.75, 3.05) is 6.54 Å². The fourth-order valence-electron chi connectivity index (χ4n) is 2.60. The molecule has 0 amide bonds. The van der Waals surface area contributed by atoms with E-state index in [1.165, 1.54) is 15.8 Å². The molecule has 0 radical (unpaired) electrons. The van der Waals surface area contributed by atoms with Crippen LogP contribution < -0.4 is 0 Å². The van der Waals surface area contributed by atoms with Crippen molar-refractivity contribution in [2.45, 2.75) is 43.5 Å². The summed E-state index contributed by atoms with van der Waals surface area (Å²) >= 11 is 0.950. The monoisotopic (exact) mass is 303 g/mol. The minimum absolute atomic E-state index is 0.0107. The lowest BCUT2D eigenvalue weighted by Gasteiger charge is -2.26. The molecule has 1 heterocycles. The van der Waals surface area contributed by atoms with Crippen molar-refractivity contribution < 1.29 is 18.3 Å². The molecule has 1 aliphatic rings. The van der Waals surface area contributed by atoms with Gasteiger partial charge < -0.3 is 5.11 Å². The molecular formula is C12H17NO4S2. The van der Waals surface area contributed by atoms with Gasteiger partial charge in [0.1, 0.15) is 9.77 Å². The highest BCUT2D eigenvalue weighted by Gasteiger charge is 2.34. The Bertz CT molecular complexity index is 558. The van der Waals surface area contributed by atoms with Crippen LogP contribution in [0.5, 0.6) is 0 Å². The van der Waals surface area contributed by atoms with Gasteiger partial charge >= 0.3 is 5.97 Å². The molecule has 1 aromatic heterocycles. The largest absolute Gasteiger partial charge is 0.477 e. The van der Waals surface area contributed by atoms with Crippen LogP contribution in [0.3, 0.4) is 0 Å². The molecule has 0 atom stereocenters. The zero-order valence-electron chi connectivity index (χ0n) is 10.7. The smallest absolute Gasteiger partial charge is 0.347 e. The van der Waals surface area contributed by atoms with Gasteiger partial charge in [-0.3, -0.25) is 0 Å². The molecule has 0 spiro atoms. The average molecular weight is 303 g/mol. The minimum atomic E-state index is -3.70. The molecule has 1 aromatic rings. The minimum Gasteiger partial charge on any atom is -0.477 e. The van der Waals surface area contributed by atoms with E-state index in [1.54, 1.807) is 6.92 Å². The second kappa shape index (κ2) is 5.60. The van der Waals surface area contributed by atoms with Gasteiger partial charge in [0.05, 0.1) is 0 Å². The van der Waals surface area contributed by atoms with Gasteiger partial charge in [-0.05, 0) is 24.3 Å². The summed E-state index contributed by atoms with van der Waals surface area (Å²) < 4.78 is 26.7. The number of carbonyl (C=O) groups is 1. The summed E-state index contributed by atoms with van der Waals surface area (Å²) in [6.45, 7) is 2.17. The van der Waals surface area contributed by atoms with E-state index in [1.807, 2.05) is 0 Å². The maximum atomic E-state index is 12.6. The van der Waals surface area contributed by atoms with Gasteiger partial charge in [-0.1, -0.05) is 19.8 Å². The second-order valence-corrected chi connectivity index (χ2v) is 7.34. The van der Waals surface area contributed by atoms with Crippen LogP contribution in [-0.4, -0.2) is 36.4 Å². The van der Waals surface area contributed by atoms with Crippen LogP contribution in [0.15, 0.2) is 16.3 Å². The highest BCUT2D eigenvalue weighted by atomic mass is 32.2. The predicted octanol–water partition coefficient (Wildman–Crippen LogP) is 2.40. The predicted molar refractivity (Wildman–Crippen MR) is 73.1 cm³/mol. The Morgan fingerprint density at radius 3 is 2.63 bits per heavy atom. The Labute approximate surface area is 116 Å². The highest BCUT2D eigenvalue weighted by Crippen LogP contribution is 2.31. The van der Waals surface area contributed by atoms with Gasteiger partial charge in [0.15, 0.2) is 0 Å². The maximum Gasteiger partial charge on any atom is 0.347 e. The molecule has 0 bridgehead atoms. The summed E-state index contributed by atoms with van der Waals surface area (Å²) in [7, 11) is -3.70. The van der Waals surface area contributed by atoms with Crippen LogP contribution in [0.4, 0.5) is 0 Å². The van der Waals surface area contributed by atoms with E-state index in [0.717, 1.165) is 37.0 Å². The van der Waals surface area contributed by atoms with Crippen molar-refractivity contribution in [1.29, 1.82) is 0 Å². The van der Waals surface area contributed by atoms with Crippen LogP contribution in [-0.2, 0) is 10.0 Å². The van der Waals surface area contributed by atoms with E-state index in [9.17, 15) is 13.2 Å². The van der Waals surface area contributed by atoms with Crippen molar-refractivity contribution in [3.63, 3.8) is 0 Å². The molecule has 1 saturated carbocycles. The number of sulfonamides is 1. The van der Waals surface area contributed by atoms with Crippen molar-refractivity contribution in [3.05, 3.63) is 16.3 Å². The Hall–Kier alpha value is -0.920. The van der Waals surface area contributed by atoms with Crippen LogP contribution in [0.2, 0.25) is 0 Å². The van der Waals surface area contributed by atoms with Crippen LogP contribution in [0.25, 0.3) is 0 Å². The van der Waals surface area contributed by atoms with Crippen molar-refractivity contribution in [3.8, 4) is 0 Å². The number of thiophene rings is 1. The van der Waals surface area contributed by atoms with Gasteiger partial charge in [0, 0.05) is 12.6 Å². The van der Waals surface area contributed by atoms with Crippen molar-refractivity contribution in [1.82, 2.24) is 4.31 Å². The molecule has 5 nitrogen and oxygen atoms in total. The summed E-state index contributed by atoms with van der Waals surface area (Å²) in [4.78, 5) is 10.9. The molecule has 7 heteroatoms. The summed E-state index contributed by atoms with van der Waals surface area (Å²) in [5.41, 5.74) is 0. The van der Waals surface area contributed by atoms with Gasteiger partial charge in [-0.15, -0.1) is 11.3 Å². The van der Waals surface area contributed by atoms with Crippen molar-refractivity contribution in [2.24, 2.45) is 0 Å². The third-order valence-corrected chi connectivity index (χ3v) is 6.56. The Morgan fingerprint density at radius 1 is 1.47 bits per heavy atom. The molecule has 19 heavy (non-hydrogen) atoms. The number of aromatic carboxylic acids is 1. The third-order valence-electron chi connectivity index (χ3n) is 3.45. The van der Waals surface area contributed by atoms with E-state index >= 15 is 0 Å². The summed E-state index contributed by atoms with van der Waals surface area (Å²) in [5.74, 6) is -1.18. The normalized spacial score (nSPS) is 17.2. The summed E-state index contributed by atoms with van der Waals surface area (Å²) in [6.07, 6.45) is 3.79. The SMILES string of the molecule is CCN(C1CCCC1)S(=O)(=O)c1ccsc1C(=O)O. The van der Waals surface area contributed by atoms with Crippen LogP contribution in [0, 0.1) is 0 Å². The standard InChI is InChI=1S/C12H17NO4S2/c1-2-13(9-5-3-4-6-9)19(16,17)10-7-8-18-11(10)12(14)15/h7-9H,2-6H2,1H3,(H,14,15). The molecule has 1 N–H and O–H groups in total. The summed E-state index contributed by atoms with van der Waals surface area (Å²) in [5, 5.41) is 10.6. The van der Waals surface area contributed by atoms with E-state index in [0.29, 0.717) is 6.54 Å². The number of hydrogen-bond donors (Lipinski definition) is 1. The van der Waals surface area contributed by atoms with E-state index < -0.39 is 16.0 Å². The Morgan fingerprint density at radius 2 is 2.11 bits per heavy atom. The van der Waals surface area contributed by atoms with Crippen LogP contribution in [0.1, 0.15) is 42.3 Å². The zero-order chi connectivity index (χ0) is 14.0. The molecular weight excluding hydrogens is 286 g/mol. The fourth-order valence-corrected chi connectivity index (χ4v) is 5.53. The second-order valence-electron chi connectivity index (χ2n) is 4.57. The van der Waals surface area contributed by atoms with E-state index in [4.69, 9.17) is 5.11 Å². The number of carboxylic acids is 1. The molecule has 1 fully saturated rings. The first-order chi connectivity index (χ1) is 8.98. The Balaban J connectivity index is 2.39. The zero-order valence-corrected chi connectivity index (χ0v) is 12.3. The molecule has 1 aliphatic carbocycles. The number of nitrogens with zero attached hydrogens (tertiary/aromatic N) is 1. The fraction of sp³-hybridized carbons (Fsp3) is 0.583. The quantitative estimate of drug-likeness (QED) is 0.906. The first-order valence-electron chi connectivity index (χ1n) is 6.31. The maximum absolute atomic E-state index is 12.6. The third kappa shape index (κ3) is 2.68. The first-order valence-corrected chi connectivity index (χ1v) is 8.63. The lowest BCUT2D eigenvalue weighted by atomic mass is 10.2. The lowest BCUT2D eigenvalue weighted by Crippen LogP contribution is -2.38. The van der Waals surface area contributed by atoms with E-state index in [2.05, 4.69) is 0 Å². The number of carboxylic acid groups (broad SMARTS) is 1. The molecule has 0 saturated heterocycles. The first kappa shape index (κ1) is 14.5. The van der Waals surface area contributed by atoms with Gasteiger partial charge in [-0.25, -0.2) is 13.2 Å². The Kier molecular flexibility index (Phi) is 4.27. The molecule has 106 valence electrons. The average Bonchev–Trinajstić information content (AvgIpc) is 3.00. The summed E-state index contributed by atoms with van der Waals surface area (Å²) in [6, 6.07) is 1.40. The molecule has 0 aromatic carbocycles. The number of hydrogen-bond acceptors (Lipinski definition) is 4. The van der Waals surface area contributed by atoms with Crippen LogP contribution >= 0.6 is 11.3 Å². The highest BCUT2D eigenvalue weighted by molar-refractivity contribution is 7.89.